The van der Waals surface area contributed by atoms with Crippen LogP contribution in [0.2, 0.25) is 0 Å². The van der Waals surface area contributed by atoms with Crippen LogP contribution in [0.15, 0.2) is 24.3 Å². The lowest BCUT2D eigenvalue weighted by atomic mass is 9.96. The lowest BCUT2D eigenvalue weighted by molar-refractivity contribution is -0.379. The molecule has 3 fully saturated rings. The number of allylic oxidation sites excluding steroid dienone is 3. The number of amides is 1. The number of aliphatic hydroxyl groups excluding tert-OH is 11. The van der Waals surface area contributed by atoms with E-state index in [9.17, 15) is 61.0 Å². The number of aliphatic hydroxyl groups is 11. The molecule has 3 aliphatic rings. The normalized spacial score (nSPS) is 31.1. The van der Waals surface area contributed by atoms with Crippen molar-refractivity contribution >= 4 is 5.91 Å². The van der Waals surface area contributed by atoms with E-state index >= 15 is 0 Å². The molecule has 3 heterocycles. The van der Waals surface area contributed by atoms with Crippen LogP contribution in [0.5, 0.6) is 0 Å². The predicted molar refractivity (Wildman–Crippen MR) is 286 cm³/mol. The summed E-state index contributed by atoms with van der Waals surface area (Å²) in [6, 6.07) is -0.983. The fraction of sp³-hybridized carbons (Fsp3) is 0.912. The van der Waals surface area contributed by atoms with Gasteiger partial charge in [0.05, 0.1) is 38.6 Å². The highest BCUT2D eigenvalue weighted by atomic mass is 16.8. The van der Waals surface area contributed by atoms with Gasteiger partial charge in [-0.2, -0.15) is 0 Å². The van der Waals surface area contributed by atoms with Crippen molar-refractivity contribution in [1.29, 1.82) is 0 Å². The number of carbonyl (C=O) groups excluding carboxylic acids is 1. The zero-order valence-electron chi connectivity index (χ0n) is 46.2. The van der Waals surface area contributed by atoms with Gasteiger partial charge in [-0.15, -0.1) is 0 Å². The minimum absolute atomic E-state index is 0.239. The summed E-state index contributed by atoms with van der Waals surface area (Å²) in [7, 11) is 0. The van der Waals surface area contributed by atoms with E-state index in [0.717, 1.165) is 44.9 Å². The van der Waals surface area contributed by atoms with Gasteiger partial charge in [0.2, 0.25) is 5.91 Å². The summed E-state index contributed by atoms with van der Waals surface area (Å²) in [5.74, 6) is -0.287. The molecule has 19 nitrogen and oxygen atoms in total. The van der Waals surface area contributed by atoms with Gasteiger partial charge in [0.25, 0.3) is 0 Å². The first-order valence-electron chi connectivity index (χ1n) is 29.6. The Morgan fingerprint density at radius 3 is 1.30 bits per heavy atom. The maximum absolute atomic E-state index is 13.3. The standard InChI is InChI=1S/C57H105NO18/c1-3-5-7-9-11-13-14-15-16-17-18-19-20-21-22-23-24-25-26-27-29-31-33-35-45(63)58-40(41(62)34-32-30-28-12-10-8-6-4-2)39-71-55-51(69)48(66)53(43(37-60)73-55)76-57-52(70)49(67)54(44(38-61)74-57)75-56-50(68)47(65)46(64)42(36-59)72-56/h10,12,32,34,40-44,46-57,59-62,64-70H,3-9,11,13-31,33,35-39H2,1-2H3,(H,58,63)/b12-10+,34-32+. The molecular formula is C57H105NO18. The van der Waals surface area contributed by atoms with Crippen molar-refractivity contribution in [2.45, 2.75) is 304 Å². The van der Waals surface area contributed by atoms with Crippen molar-refractivity contribution < 1.29 is 89.4 Å². The van der Waals surface area contributed by atoms with Crippen LogP contribution in [0.3, 0.4) is 0 Å². The van der Waals surface area contributed by atoms with E-state index in [2.05, 4.69) is 31.3 Å². The second-order valence-electron chi connectivity index (χ2n) is 21.5. The summed E-state index contributed by atoms with van der Waals surface area (Å²) < 4.78 is 34.1. The van der Waals surface area contributed by atoms with Crippen LogP contribution < -0.4 is 5.32 Å². The molecule has 0 aromatic heterocycles. The van der Waals surface area contributed by atoms with E-state index in [0.29, 0.717) is 12.8 Å². The molecule has 0 bridgehead atoms. The third-order valence-corrected chi connectivity index (χ3v) is 15.0. The van der Waals surface area contributed by atoms with Crippen LogP contribution in [-0.4, -0.2) is 193 Å². The highest BCUT2D eigenvalue weighted by Crippen LogP contribution is 2.33. The molecule has 0 aliphatic carbocycles. The Bertz CT molecular complexity index is 1490. The molecule has 3 rings (SSSR count). The number of unbranched alkanes of at least 4 members (excludes halogenated alkanes) is 25. The van der Waals surface area contributed by atoms with Gasteiger partial charge in [-0.3, -0.25) is 4.79 Å². The molecule has 0 spiro atoms. The second kappa shape index (κ2) is 41.3. The third-order valence-electron chi connectivity index (χ3n) is 15.0. The van der Waals surface area contributed by atoms with E-state index in [1.807, 2.05) is 6.08 Å². The fourth-order valence-electron chi connectivity index (χ4n) is 10.1. The number of ether oxygens (including phenoxy) is 6. The summed E-state index contributed by atoms with van der Waals surface area (Å²) in [6.07, 6.45) is 15.0. The van der Waals surface area contributed by atoms with Crippen LogP contribution >= 0.6 is 0 Å². The van der Waals surface area contributed by atoms with Crippen LogP contribution in [0.25, 0.3) is 0 Å². The van der Waals surface area contributed by atoms with Gasteiger partial charge >= 0.3 is 0 Å². The van der Waals surface area contributed by atoms with Crippen molar-refractivity contribution in [2.24, 2.45) is 0 Å². The van der Waals surface area contributed by atoms with Crippen molar-refractivity contribution in [3.05, 3.63) is 24.3 Å². The van der Waals surface area contributed by atoms with Crippen molar-refractivity contribution in [3.8, 4) is 0 Å². The Morgan fingerprint density at radius 2 is 0.842 bits per heavy atom. The molecular weight excluding hydrogens is 987 g/mol. The van der Waals surface area contributed by atoms with Crippen molar-refractivity contribution in [2.75, 3.05) is 26.4 Å². The highest BCUT2D eigenvalue weighted by molar-refractivity contribution is 5.76. The first-order valence-corrected chi connectivity index (χ1v) is 29.6. The summed E-state index contributed by atoms with van der Waals surface area (Å²) in [4.78, 5) is 13.3. The molecule has 3 aliphatic heterocycles. The first kappa shape index (κ1) is 68.5. The molecule has 446 valence electrons. The highest BCUT2D eigenvalue weighted by Gasteiger charge is 2.53. The van der Waals surface area contributed by atoms with Gasteiger partial charge in [0, 0.05) is 6.42 Å². The van der Waals surface area contributed by atoms with E-state index in [-0.39, 0.29) is 18.9 Å². The van der Waals surface area contributed by atoms with Crippen molar-refractivity contribution in [1.82, 2.24) is 5.32 Å². The minimum atomic E-state index is -1.98. The van der Waals surface area contributed by atoms with E-state index in [1.54, 1.807) is 6.08 Å². The van der Waals surface area contributed by atoms with Gasteiger partial charge in [-0.05, 0) is 25.7 Å². The minimum Gasteiger partial charge on any atom is -0.394 e. The molecule has 1 amide bonds. The molecule has 3 saturated heterocycles. The topological polar surface area (TPSA) is 307 Å². The summed E-state index contributed by atoms with van der Waals surface area (Å²) in [5, 5.41) is 120. The molecule has 0 aromatic carbocycles. The third kappa shape index (κ3) is 25.4. The number of carbonyl (C=O) groups is 1. The maximum Gasteiger partial charge on any atom is 0.220 e. The Hall–Kier alpha value is -1.73. The molecule has 0 saturated carbocycles. The summed E-state index contributed by atoms with van der Waals surface area (Å²) in [5.41, 5.74) is 0. The zero-order chi connectivity index (χ0) is 55.5. The van der Waals surface area contributed by atoms with Gasteiger partial charge in [0.1, 0.15) is 73.2 Å². The van der Waals surface area contributed by atoms with Crippen LogP contribution in [0.4, 0.5) is 0 Å². The van der Waals surface area contributed by atoms with Crippen LogP contribution in [-0.2, 0) is 33.2 Å². The number of hydrogen-bond acceptors (Lipinski definition) is 18. The molecule has 17 atom stereocenters. The number of nitrogens with one attached hydrogen (secondary N) is 1. The van der Waals surface area contributed by atoms with Gasteiger partial charge in [0.15, 0.2) is 18.9 Å². The smallest absolute Gasteiger partial charge is 0.220 e. The van der Waals surface area contributed by atoms with Crippen LogP contribution in [0, 0.1) is 0 Å². The lowest BCUT2D eigenvalue weighted by Gasteiger charge is -2.48. The average Bonchev–Trinajstić information content (AvgIpc) is 3.41. The molecule has 0 radical (unpaired) electrons. The Labute approximate surface area is 454 Å². The largest absolute Gasteiger partial charge is 0.394 e. The quantitative estimate of drug-likeness (QED) is 0.0289. The fourth-order valence-corrected chi connectivity index (χ4v) is 10.1. The predicted octanol–water partition coefficient (Wildman–Crippen LogP) is 4.76. The van der Waals surface area contributed by atoms with Gasteiger partial charge in [-0.25, -0.2) is 0 Å². The zero-order valence-corrected chi connectivity index (χ0v) is 46.2. The van der Waals surface area contributed by atoms with Crippen molar-refractivity contribution in [3.63, 3.8) is 0 Å². The van der Waals surface area contributed by atoms with E-state index in [1.165, 1.54) is 122 Å². The second-order valence-corrected chi connectivity index (χ2v) is 21.5. The Morgan fingerprint density at radius 1 is 0.461 bits per heavy atom. The van der Waals surface area contributed by atoms with Gasteiger partial charge in [-0.1, -0.05) is 192 Å². The Kier molecular flexibility index (Phi) is 37.2. The molecule has 17 unspecified atom stereocenters. The monoisotopic (exact) mass is 1090 g/mol. The summed E-state index contributed by atoms with van der Waals surface area (Å²) >= 11 is 0. The SMILES string of the molecule is CCCC/C=C/CC/C=C/C(O)C(COC1OC(CO)C(OC2OC(CO)C(OC3OC(CO)C(O)C(O)C3O)C(O)C2O)C(O)C1O)NC(=O)CCCCCCCCCCCCCCCCCCCCCCCCC. The summed E-state index contributed by atoms with van der Waals surface area (Å²) in [6.45, 7) is 1.62. The maximum atomic E-state index is 13.3. The molecule has 76 heavy (non-hydrogen) atoms. The lowest BCUT2D eigenvalue weighted by Crippen LogP contribution is -2.66. The molecule has 12 N–H and O–H groups in total. The Balaban J connectivity index is 1.43. The number of rotatable bonds is 43. The molecule has 0 aromatic rings. The molecule has 19 heteroatoms. The van der Waals surface area contributed by atoms with E-state index < -0.39 is 124 Å². The number of hydrogen-bond donors (Lipinski definition) is 12. The first-order chi connectivity index (χ1) is 36.8. The average molecular weight is 1090 g/mol. The van der Waals surface area contributed by atoms with Gasteiger partial charge < -0.3 is 89.9 Å². The van der Waals surface area contributed by atoms with E-state index in [4.69, 9.17) is 28.4 Å². The van der Waals surface area contributed by atoms with Crippen LogP contribution in [0.1, 0.15) is 200 Å².